The number of rotatable bonds is 3. The SMILES string of the molecule is C#CC(O)(C1COc2c(cn(C)c2C(=O)Nc2ccc(C)c(C#N)c2)S(=O)(=O)N1)C(F)(F)F. The van der Waals surface area contributed by atoms with Crippen LogP contribution < -0.4 is 14.8 Å². The maximum absolute atomic E-state index is 13.4. The number of terminal acetylenes is 1. The number of fused-ring (bicyclic) bond motifs is 1. The van der Waals surface area contributed by atoms with Gasteiger partial charge in [-0.15, -0.1) is 6.42 Å². The average Bonchev–Trinajstić information content (AvgIpc) is 3.01. The molecule has 1 aromatic heterocycles. The number of sulfonamides is 1. The summed E-state index contributed by atoms with van der Waals surface area (Å²) in [5, 5.41) is 21.6. The van der Waals surface area contributed by atoms with Gasteiger partial charge in [-0.1, -0.05) is 12.0 Å². The van der Waals surface area contributed by atoms with Crippen LogP contribution in [0.4, 0.5) is 18.9 Å². The number of hydrogen-bond donors (Lipinski definition) is 3. The molecule has 2 heterocycles. The van der Waals surface area contributed by atoms with Crippen LogP contribution in [0.15, 0.2) is 29.3 Å². The van der Waals surface area contributed by atoms with Gasteiger partial charge in [0.15, 0.2) is 11.4 Å². The summed E-state index contributed by atoms with van der Waals surface area (Å²) in [6.45, 7) is 0.682. The number of hydrogen-bond acceptors (Lipinski definition) is 6. The molecule has 2 atom stereocenters. The predicted octanol–water partition coefficient (Wildman–Crippen LogP) is 1.42. The molecule has 3 N–H and O–H groups in total. The Labute approximate surface area is 186 Å². The van der Waals surface area contributed by atoms with Crippen LogP contribution in [-0.2, 0) is 17.1 Å². The first-order chi connectivity index (χ1) is 15.2. The smallest absolute Gasteiger partial charge is 0.430 e. The number of aryl methyl sites for hydroxylation is 2. The van der Waals surface area contributed by atoms with Gasteiger partial charge in [0.05, 0.1) is 11.6 Å². The highest BCUT2D eigenvalue weighted by molar-refractivity contribution is 7.89. The molecular formula is C20H17F3N4O5S. The van der Waals surface area contributed by atoms with E-state index in [9.17, 15) is 31.5 Å². The van der Waals surface area contributed by atoms with E-state index in [4.69, 9.17) is 16.4 Å². The van der Waals surface area contributed by atoms with Gasteiger partial charge in [0.2, 0.25) is 15.6 Å². The van der Waals surface area contributed by atoms with Crippen molar-refractivity contribution >= 4 is 21.6 Å². The van der Waals surface area contributed by atoms with Crippen LogP contribution in [-0.4, -0.2) is 48.4 Å². The molecule has 0 spiro atoms. The summed E-state index contributed by atoms with van der Waals surface area (Å²) in [5.74, 6) is -0.177. The molecular weight excluding hydrogens is 465 g/mol. The summed E-state index contributed by atoms with van der Waals surface area (Å²) < 4.78 is 73.7. The molecule has 0 fully saturated rings. The van der Waals surface area contributed by atoms with Crippen LogP contribution in [0.5, 0.6) is 5.75 Å². The largest absolute Gasteiger partial charge is 0.488 e. The van der Waals surface area contributed by atoms with Crippen LogP contribution in [0.1, 0.15) is 21.6 Å². The second kappa shape index (κ2) is 8.12. The molecule has 0 radical (unpaired) electrons. The Kier molecular flexibility index (Phi) is 5.93. The van der Waals surface area contributed by atoms with Crippen LogP contribution in [0, 0.1) is 30.6 Å². The molecule has 1 aliphatic rings. The van der Waals surface area contributed by atoms with Crippen molar-refractivity contribution in [3.63, 3.8) is 0 Å². The van der Waals surface area contributed by atoms with Crippen molar-refractivity contribution in [2.75, 3.05) is 11.9 Å². The van der Waals surface area contributed by atoms with Gasteiger partial charge >= 0.3 is 6.18 Å². The molecule has 33 heavy (non-hydrogen) atoms. The normalized spacial score (nSPS) is 19.1. The molecule has 0 saturated carbocycles. The highest BCUT2D eigenvalue weighted by Crippen LogP contribution is 2.38. The first-order valence-electron chi connectivity index (χ1n) is 9.18. The number of nitrogens with zero attached hydrogens (tertiary/aromatic N) is 2. The third-order valence-electron chi connectivity index (χ3n) is 5.07. The lowest BCUT2D eigenvalue weighted by atomic mass is 9.95. The van der Waals surface area contributed by atoms with E-state index in [0.717, 1.165) is 10.8 Å². The number of aliphatic hydroxyl groups is 1. The lowest BCUT2D eigenvalue weighted by Gasteiger charge is -2.32. The fourth-order valence-electron chi connectivity index (χ4n) is 3.22. The van der Waals surface area contributed by atoms with E-state index in [1.54, 1.807) is 17.7 Å². The fourth-order valence-corrected chi connectivity index (χ4v) is 4.65. The van der Waals surface area contributed by atoms with Gasteiger partial charge in [0.1, 0.15) is 17.5 Å². The molecule has 2 unspecified atom stereocenters. The molecule has 0 saturated heterocycles. The third-order valence-corrected chi connectivity index (χ3v) is 6.54. The van der Waals surface area contributed by atoms with Crippen molar-refractivity contribution < 1.29 is 36.2 Å². The summed E-state index contributed by atoms with van der Waals surface area (Å²) in [4.78, 5) is 12.3. The zero-order valence-electron chi connectivity index (χ0n) is 17.2. The van der Waals surface area contributed by atoms with Gasteiger partial charge in [-0.05, 0) is 24.6 Å². The highest BCUT2D eigenvalue weighted by Gasteiger charge is 2.60. The van der Waals surface area contributed by atoms with Gasteiger partial charge in [-0.25, -0.2) is 13.1 Å². The Morgan fingerprint density at radius 3 is 2.67 bits per heavy atom. The Hall–Kier alpha value is -3.52. The van der Waals surface area contributed by atoms with Crippen molar-refractivity contribution in [1.82, 2.24) is 9.29 Å². The van der Waals surface area contributed by atoms with E-state index >= 15 is 0 Å². The number of carbonyl (C=O) groups excluding carboxylic acids is 1. The Balaban J connectivity index is 2.01. The van der Waals surface area contributed by atoms with Crippen molar-refractivity contribution in [3.05, 3.63) is 41.2 Å². The number of alkyl halides is 3. The fraction of sp³-hybridized carbons (Fsp3) is 0.300. The predicted molar refractivity (Wildman–Crippen MR) is 109 cm³/mol. The van der Waals surface area contributed by atoms with Crippen LogP contribution in [0.25, 0.3) is 0 Å². The van der Waals surface area contributed by atoms with E-state index in [1.807, 2.05) is 6.07 Å². The summed E-state index contributed by atoms with van der Waals surface area (Å²) >= 11 is 0. The lowest BCUT2D eigenvalue weighted by Crippen LogP contribution is -2.61. The number of ether oxygens (including phenoxy) is 1. The minimum atomic E-state index is -5.37. The molecule has 3 rings (SSSR count). The van der Waals surface area contributed by atoms with Crippen molar-refractivity contribution in [2.45, 2.75) is 29.6 Å². The van der Waals surface area contributed by atoms with Crippen molar-refractivity contribution in [3.8, 4) is 24.2 Å². The van der Waals surface area contributed by atoms with Crippen LogP contribution >= 0.6 is 0 Å². The monoisotopic (exact) mass is 482 g/mol. The molecule has 2 aromatic rings. The van der Waals surface area contributed by atoms with Gasteiger partial charge in [0, 0.05) is 18.9 Å². The quantitative estimate of drug-likeness (QED) is 0.567. The first kappa shape index (κ1) is 24.1. The topological polar surface area (TPSA) is 133 Å². The lowest BCUT2D eigenvalue weighted by molar-refractivity contribution is -0.245. The second-order valence-corrected chi connectivity index (χ2v) is 8.95. The van der Waals surface area contributed by atoms with Gasteiger partial charge in [-0.2, -0.15) is 18.4 Å². The maximum Gasteiger partial charge on any atom is 0.430 e. The standard InChI is InChI=1S/C20H17F3N4O5S/c1-4-19(29,20(21,22)23)15-10-32-17-14(33(30,31)26-15)9-27(3)16(17)18(28)25-13-6-5-11(2)12(7-13)8-24/h1,5-7,9,15,26,29H,10H2,2-3H3,(H,25,28). The first-order valence-corrected chi connectivity index (χ1v) is 10.7. The van der Waals surface area contributed by atoms with Gasteiger partial charge in [-0.3, -0.25) is 4.79 Å². The summed E-state index contributed by atoms with van der Waals surface area (Å²) in [6, 6.07) is 4.19. The molecule has 13 heteroatoms. The third kappa shape index (κ3) is 4.14. The number of halogens is 3. The Morgan fingerprint density at radius 1 is 1.42 bits per heavy atom. The average molecular weight is 482 g/mol. The van der Waals surface area contributed by atoms with Crippen molar-refractivity contribution in [2.24, 2.45) is 7.05 Å². The molecule has 1 amide bonds. The minimum absolute atomic E-state index is 0.225. The van der Waals surface area contributed by atoms with Gasteiger partial charge < -0.3 is 19.7 Å². The minimum Gasteiger partial charge on any atom is -0.488 e. The number of carbonyl (C=O) groups is 1. The highest BCUT2D eigenvalue weighted by atomic mass is 32.2. The maximum atomic E-state index is 13.4. The number of aromatic nitrogens is 1. The Bertz CT molecular complexity index is 1320. The molecule has 0 bridgehead atoms. The van der Waals surface area contributed by atoms with Gasteiger partial charge in [0.25, 0.3) is 5.91 Å². The van der Waals surface area contributed by atoms with Crippen molar-refractivity contribution in [1.29, 1.82) is 5.26 Å². The molecule has 174 valence electrons. The van der Waals surface area contributed by atoms with E-state index in [0.29, 0.717) is 11.1 Å². The number of anilines is 1. The summed E-state index contributed by atoms with van der Waals surface area (Å²) in [6.07, 6.45) is 0.471. The number of benzene rings is 1. The van der Waals surface area contributed by atoms with Crippen LogP contribution in [0.3, 0.4) is 0 Å². The van der Waals surface area contributed by atoms with E-state index < -0.39 is 51.0 Å². The molecule has 9 nitrogen and oxygen atoms in total. The Morgan fingerprint density at radius 2 is 2.09 bits per heavy atom. The molecule has 1 aliphatic heterocycles. The number of amides is 1. The van der Waals surface area contributed by atoms with Crippen LogP contribution in [0.2, 0.25) is 0 Å². The second-order valence-electron chi connectivity index (χ2n) is 7.27. The zero-order valence-corrected chi connectivity index (χ0v) is 18.0. The number of nitriles is 1. The van der Waals surface area contributed by atoms with E-state index in [1.165, 1.54) is 25.1 Å². The summed E-state index contributed by atoms with van der Waals surface area (Å²) in [7, 11) is -3.34. The van der Waals surface area contributed by atoms with E-state index in [2.05, 4.69) is 5.32 Å². The number of nitrogens with one attached hydrogen (secondary N) is 2. The molecule has 1 aromatic carbocycles. The molecule has 0 aliphatic carbocycles. The van der Waals surface area contributed by atoms with E-state index in [-0.39, 0.29) is 11.4 Å². The zero-order chi connectivity index (χ0) is 24.8. The summed E-state index contributed by atoms with van der Waals surface area (Å²) in [5.41, 5.74) is -2.98.